The van der Waals surface area contributed by atoms with Crippen molar-refractivity contribution in [3.63, 3.8) is 0 Å². The van der Waals surface area contributed by atoms with Crippen LogP contribution in [-0.2, 0) is 32.7 Å². The third kappa shape index (κ3) is 30.8. The standard InChI is InChI=1S/C51H81O16P/c1-3-5-7-8-9-10-11-12-13-14-15-16-17-18-19-20-21-26-30-36-45(56)66-41(39-65-68(62,63)67-51-49(60)47(58)46(57)48(59)50(51)61)38-64-44(55)37-31-35-43(54)42(53)34-29-25-23-22-24-28-33-40(52)32-27-6-4-2/h5-7,9-10,12-13,15-16,22-25,27-29,33-34,40-43,46-54,57-61H,3-4,8,11,14,17-21,26,30-32,35-39H2,1-2H3,(H,62,63)/b7-5-,10-9-,13-12-,16-15-,24-22+,25-23-,27-6-,33-28+,34-29-/t40-,41-,42+,43+,46?,47-,48+,49-,50-,51?/m1/s1. The largest absolute Gasteiger partial charge is 0.472 e. The van der Waals surface area contributed by atoms with E-state index in [9.17, 15) is 59.9 Å². The highest BCUT2D eigenvalue weighted by Crippen LogP contribution is 2.47. The van der Waals surface area contributed by atoms with Crippen LogP contribution < -0.4 is 0 Å². The summed E-state index contributed by atoms with van der Waals surface area (Å²) in [5.41, 5.74) is 0. The molecule has 0 bridgehead atoms. The van der Waals surface area contributed by atoms with Crippen LogP contribution in [0, 0.1) is 0 Å². The molecule has 3 unspecified atom stereocenters. The summed E-state index contributed by atoms with van der Waals surface area (Å²) in [6, 6.07) is 0. The van der Waals surface area contributed by atoms with Gasteiger partial charge in [-0.2, -0.15) is 0 Å². The quantitative estimate of drug-likeness (QED) is 0.0105. The van der Waals surface area contributed by atoms with Gasteiger partial charge in [0.15, 0.2) is 6.10 Å². The Balaban J connectivity index is 2.60. The number of rotatable bonds is 37. The molecule has 1 aliphatic carbocycles. The van der Waals surface area contributed by atoms with Crippen LogP contribution in [0.25, 0.3) is 0 Å². The van der Waals surface area contributed by atoms with Gasteiger partial charge >= 0.3 is 19.8 Å². The summed E-state index contributed by atoms with van der Waals surface area (Å²) in [6.07, 6.45) is 29.1. The van der Waals surface area contributed by atoms with Crippen molar-refractivity contribution in [2.45, 2.75) is 184 Å². The molecule has 0 amide bonds. The SMILES string of the molecule is CC/C=C\C/C=C\C/C=C\C/C=C\CCCCCCCCC(=O)O[C@H](COC(=O)CCC[C@H](O)[C@@H](O)\C=C/C=C\C=C\C=C\[C@H](O)C/C=C\CC)COP(=O)(O)OC1[C@H](O)[C@H](O)C(O)[C@H](O)[C@H]1O. The molecule has 1 rings (SSSR count). The molecule has 1 aliphatic rings. The van der Waals surface area contributed by atoms with E-state index in [1.54, 1.807) is 42.5 Å². The summed E-state index contributed by atoms with van der Waals surface area (Å²) in [5, 5.41) is 80.7. The average molecular weight is 981 g/mol. The van der Waals surface area contributed by atoms with Gasteiger partial charge in [0.2, 0.25) is 0 Å². The lowest BCUT2D eigenvalue weighted by Gasteiger charge is -2.41. The number of allylic oxidation sites excluding steroid dienone is 15. The fraction of sp³-hybridized carbons (Fsp3) is 0.608. The van der Waals surface area contributed by atoms with Gasteiger partial charge in [-0.3, -0.25) is 18.6 Å². The summed E-state index contributed by atoms with van der Waals surface area (Å²) in [4.78, 5) is 35.8. The molecule has 1 fully saturated rings. The summed E-state index contributed by atoms with van der Waals surface area (Å²) < 4.78 is 33.3. The second kappa shape index (κ2) is 39.1. The number of carbonyl (C=O) groups is 2. The normalized spacial score (nSPS) is 23.4. The first-order valence-electron chi connectivity index (χ1n) is 24.0. The lowest BCUT2D eigenvalue weighted by Crippen LogP contribution is -2.64. The molecular formula is C51H81O16P. The molecule has 16 nitrogen and oxygen atoms in total. The van der Waals surface area contributed by atoms with Gasteiger partial charge in [0.05, 0.1) is 24.9 Å². The number of ether oxygens (including phenoxy) is 2. The van der Waals surface area contributed by atoms with Gasteiger partial charge in [-0.25, -0.2) is 4.57 Å². The minimum Gasteiger partial charge on any atom is -0.462 e. The highest BCUT2D eigenvalue weighted by Gasteiger charge is 2.51. The summed E-state index contributed by atoms with van der Waals surface area (Å²) in [5.74, 6) is -1.46. The molecule has 0 aromatic carbocycles. The van der Waals surface area contributed by atoms with Crippen LogP contribution in [0.4, 0.5) is 0 Å². The van der Waals surface area contributed by atoms with Crippen molar-refractivity contribution in [3.8, 4) is 0 Å². The zero-order chi connectivity index (χ0) is 50.4. The molecule has 0 saturated heterocycles. The van der Waals surface area contributed by atoms with E-state index in [1.165, 1.54) is 6.08 Å². The van der Waals surface area contributed by atoms with Crippen LogP contribution in [0.5, 0.6) is 0 Å². The van der Waals surface area contributed by atoms with Crippen molar-refractivity contribution in [2.24, 2.45) is 0 Å². The Morgan fingerprint density at radius 3 is 1.69 bits per heavy atom. The predicted octanol–water partition coefficient (Wildman–Crippen LogP) is 6.52. The summed E-state index contributed by atoms with van der Waals surface area (Å²) in [6.45, 7) is 2.68. The first-order chi connectivity index (χ1) is 32.6. The Morgan fingerprint density at radius 1 is 0.574 bits per heavy atom. The Labute approximate surface area is 403 Å². The van der Waals surface area contributed by atoms with Crippen molar-refractivity contribution < 1.29 is 78.4 Å². The maximum absolute atomic E-state index is 12.8. The molecule has 9 N–H and O–H groups in total. The summed E-state index contributed by atoms with van der Waals surface area (Å²) >= 11 is 0. The first-order valence-corrected chi connectivity index (χ1v) is 25.5. The number of aliphatic hydroxyl groups excluding tert-OH is 8. The van der Waals surface area contributed by atoms with Crippen molar-refractivity contribution in [1.29, 1.82) is 0 Å². The lowest BCUT2D eigenvalue weighted by molar-refractivity contribution is -0.220. The molecule has 0 heterocycles. The van der Waals surface area contributed by atoms with Crippen molar-refractivity contribution in [2.75, 3.05) is 13.2 Å². The zero-order valence-corrected chi connectivity index (χ0v) is 40.8. The molecular weight excluding hydrogens is 900 g/mol. The van der Waals surface area contributed by atoms with Crippen LogP contribution in [-0.4, -0.2) is 132 Å². The number of carbonyl (C=O) groups excluding carboxylic acids is 2. The smallest absolute Gasteiger partial charge is 0.462 e. The van der Waals surface area contributed by atoms with Gasteiger partial charge in [0.1, 0.15) is 43.2 Å². The molecule has 0 radical (unpaired) electrons. The number of hydrogen-bond donors (Lipinski definition) is 9. The van der Waals surface area contributed by atoms with E-state index in [4.69, 9.17) is 18.5 Å². The molecule has 0 aliphatic heterocycles. The second-order valence-electron chi connectivity index (χ2n) is 16.4. The van der Waals surface area contributed by atoms with Gasteiger partial charge in [0, 0.05) is 12.8 Å². The maximum atomic E-state index is 12.8. The molecule has 0 aromatic rings. The third-order valence-electron chi connectivity index (χ3n) is 10.5. The Kier molecular flexibility index (Phi) is 35.9. The highest BCUT2D eigenvalue weighted by molar-refractivity contribution is 7.47. The van der Waals surface area contributed by atoms with E-state index < -0.39 is 94.0 Å². The number of aliphatic hydroxyl groups is 8. The molecule has 11 atom stereocenters. The number of phosphoric acid groups is 1. The monoisotopic (exact) mass is 981 g/mol. The van der Waals surface area contributed by atoms with E-state index in [0.717, 1.165) is 70.6 Å². The fourth-order valence-electron chi connectivity index (χ4n) is 6.50. The number of esters is 2. The van der Waals surface area contributed by atoms with Gasteiger partial charge in [0.25, 0.3) is 0 Å². The topological polar surface area (TPSA) is 270 Å². The molecule has 0 aromatic heterocycles. The van der Waals surface area contributed by atoms with Crippen LogP contribution in [0.1, 0.15) is 123 Å². The lowest BCUT2D eigenvalue weighted by atomic mass is 9.85. The van der Waals surface area contributed by atoms with Crippen molar-refractivity contribution in [3.05, 3.63) is 109 Å². The third-order valence-corrected chi connectivity index (χ3v) is 11.4. The van der Waals surface area contributed by atoms with E-state index in [0.29, 0.717) is 12.8 Å². The number of phosphoric ester groups is 1. The minimum atomic E-state index is -5.22. The molecule has 68 heavy (non-hydrogen) atoms. The van der Waals surface area contributed by atoms with E-state index in [1.807, 2.05) is 19.1 Å². The van der Waals surface area contributed by atoms with E-state index in [2.05, 4.69) is 55.5 Å². The van der Waals surface area contributed by atoms with Gasteiger partial charge in [-0.15, -0.1) is 0 Å². The average Bonchev–Trinajstić information content (AvgIpc) is 3.31. The zero-order valence-electron chi connectivity index (χ0n) is 39.9. The van der Waals surface area contributed by atoms with E-state index in [-0.39, 0.29) is 25.7 Å². The van der Waals surface area contributed by atoms with Crippen LogP contribution in [0.15, 0.2) is 109 Å². The Hall–Kier alpha value is -3.61. The Morgan fingerprint density at radius 2 is 1.07 bits per heavy atom. The maximum Gasteiger partial charge on any atom is 0.472 e. The molecule has 0 spiro atoms. The van der Waals surface area contributed by atoms with Gasteiger partial charge in [-0.1, -0.05) is 149 Å². The fourth-order valence-corrected chi connectivity index (χ4v) is 7.47. The highest BCUT2D eigenvalue weighted by atomic mass is 31.2. The second-order valence-corrected chi connectivity index (χ2v) is 17.8. The van der Waals surface area contributed by atoms with Crippen molar-refractivity contribution >= 4 is 19.8 Å². The first kappa shape index (κ1) is 62.4. The summed E-state index contributed by atoms with van der Waals surface area (Å²) in [7, 11) is -5.22. The molecule has 1 saturated carbocycles. The van der Waals surface area contributed by atoms with Crippen LogP contribution in [0.3, 0.4) is 0 Å². The number of unbranched alkanes of at least 4 members (excludes halogenated alkanes) is 6. The van der Waals surface area contributed by atoms with Gasteiger partial charge in [-0.05, 0) is 70.6 Å². The van der Waals surface area contributed by atoms with Crippen molar-refractivity contribution in [1.82, 2.24) is 0 Å². The predicted molar refractivity (Wildman–Crippen MR) is 262 cm³/mol. The number of hydrogen-bond acceptors (Lipinski definition) is 15. The Bertz CT molecular complexity index is 1650. The minimum absolute atomic E-state index is 0.000814. The molecule has 17 heteroatoms. The van der Waals surface area contributed by atoms with E-state index >= 15 is 0 Å². The van der Waals surface area contributed by atoms with Crippen LogP contribution in [0.2, 0.25) is 0 Å². The van der Waals surface area contributed by atoms with Crippen LogP contribution >= 0.6 is 7.82 Å². The van der Waals surface area contributed by atoms with Gasteiger partial charge < -0.3 is 55.2 Å². The molecule has 386 valence electrons.